The van der Waals surface area contributed by atoms with E-state index in [0.29, 0.717) is 10.7 Å². The van der Waals surface area contributed by atoms with Crippen LogP contribution in [0.25, 0.3) is 11.4 Å². The number of primary amides is 1. The third kappa shape index (κ3) is 5.12. The van der Waals surface area contributed by atoms with Crippen molar-refractivity contribution in [1.29, 1.82) is 0 Å². The minimum atomic E-state index is -0.670. The van der Waals surface area contributed by atoms with Crippen LogP contribution in [0, 0.1) is 20.8 Å². The highest BCUT2D eigenvalue weighted by Gasteiger charge is 2.25. The van der Waals surface area contributed by atoms with Crippen molar-refractivity contribution in [3.8, 4) is 11.4 Å². The van der Waals surface area contributed by atoms with E-state index >= 15 is 0 Å². The predicted octanol–water partition coefficient (Wildman–Crippen LogP) is 4.02. The van der Waals surface area contributed by atoms with Crippen molar-refractivity contribution in [3.63, 3.8) is 0 Å². The van der Waals surface area contributed by atoms with Gasteiger partial charge in [0.1, 0.15) is 5.00 Å². The number of carbonyl (C=O) groups excluding carboxylic acids is 3. The van der Waals surface area contributed by atoms with Crippen molar-refractivity contribution in [3.05, 3.63) is 31.8 Å². The molecule has 3 aromatic rings. The van der Waals surface area contributed by atoms with E-state index in [0.717, 1.165) is 35.7 Å². The number of ether oxygens (including phenoxy) is 1. The van der Waals surface area contributed by atoms with Crippen molar-refractivity contribution >= 4 is 57.2 Å². The van der Waals surface area contributed by atoms with Crippen LogP contribution in [0.2, 0.25) is 0 Å². The van der Waals surface area contributed by atoms with Crippen LogP contribution in [0.3, 0.4) is 0 Å². The highest BCUT2D eigenvalue weighted by atomic mass is 32.2. The molecule has 0 unspecified atom stereocenters. The van der Waals surface area contributed by atoms with Crippen LogP contribution < -0.4 is 11.1 Å². The normalized spacial score (nSPS) is 10.9. The fourth-order valence-corrected chi connectivity index (χ4v) is 5.92. The van der Waals surface area contributed by atoms with E-state index in [1.807, 2.05) is 4.57 Å². The number of amides is 2. The molecule has 176 valence electrons. The van der Waals surface area contributed by atoms with Crippen molar-refractivity contribution in [1.82, 2.24) is 14.8 Å². The largest absolute Gasteiger partial charge is 0.465 e. The summed E-state index contributed by atoms with van der Waals surface area (Å²) in [5.74, 6) is -0.829. The van der Waals surface area contributed by atoms with Gasteiger partial charge in [-0.1, -0.05) is 18.7 Å². The molecule has 9 nitrogen and oxygen atoms in total. The van der Waals surface area contributed by atoms with Gasteiger partial charge in [-0.15, -0.1) is 32.9 Å². The van der Waals surface area contributed by atoms with Crippen molar-refractivity contribution in [2.45, 2.75) is 45.8 Å². The highest BCUT2D eigenvalue weighted by Crippen LogP contribution is 2.34. The second-order valence-electron chi connectivity index (χ2n) is 7.24. The number of carbonyl (C=O) groups is 3. The van der Waals surface area contributed by atoms with Gasteiger partial charge < -0.3 is 20.4 Å². The number of nitrogens with zero attached hydrogens (tertiary/aromatic N) is 3. The molecule has 0 saturated heterocycles. The molecular formula is C21H25N5O4S3. The summed E-state index contributed by atoms with van der Waals surface area (Å²) < 4.78 is 6.82. The lowest BCUT2D eigenvalue weighted by Gasteiger charge is -2.09. The molecule has 0 spiro atoms. The monoisotopic (exact) mass is 507 g/mol. The Labute approximate surface area is 203 Å². The first-order valence-corrected chi connectivity index (χ1v) is 12.8. The number of anilines is 1. The van der Waals surface area contributed by atoms with Crippen LogP contribution in [0.5, 0.6) is 0 Å². The zero-order valence-corrected chi connectivity index (χ0v) is 21.4. The molecule has 0 atom stereocenters. The van der Waals surface area contributed by atoms with Gasteiger partial charge in [-0.05, 0) is 38.3 Å². The Balaban J connectivity index is 1.80. The molecule has 33 heavy (non-hydrogen) atoms. The Morgan fingerprint density at radius 3 is 2.52 bits per heavy atom. The minimum absolute atomic E-state index is 0.0486. The maximum absolute atomic E-state index is 12.7. The van der Waals surface area contributed by atoms with Gasteiger partial charge >= 0.3 is 5.97 Å². The van der Waals surface area contributed by atoms with Gasteiger partial charge in [0.15, 0.2) is 11.0 Å². The molecule has 0 saturated carbocycles. The maximum atomic E-state index is 12.7. The van der Waals surface area contributed by atoms with Crippen molar-refractivity contribution < 1.29 is 19.1 Å². The molecule has 3 N–H and O–H groups in total. The molecule has 3 rings (SSSR count). The second-order valence-corrected chi connectivity index (χ2v) is 10.3. The zero-order chi connectivity index (χ0) is 24.3. The molecule has 3 aromatic heterocycles. The van der Waals surface area contributed by atoms with Gasteiger partial charge in [-0.2, -0.15) is 0 Å². The fourth-order valence-electron chi connectivity index (χ4n) is 3.23. The van der Waals surface area contributed by atoms with E-state index in [2.05, 4.69) is 41.7 Å². The Hall–Kier alpha value is -2.70. The fraction of sp³-hybridized carbons (Fsp3) is 0.381. The quantitative estimate of drug-likeness (QED) is 0.330. The summed E-state index contributed by atoms with van der Waals surface area (Å²) in [5, 5.41) is 14.3. The number of hydrogen-bond donors (Lipinski definition) is 2. The lowest BCUT2D eigenvalue weighted by Crippen LogP contribution is -2.16. The van der Waals surface area contributed by atoms with E-state index in [1.165, 1.54) is 29.3 Å². The Bertz CT molecular complexity index is 1210. The number of aromatic nitrogens is 3. The van der Waals surface area contributed by atoms with E-state index < -0.39 is 11.9 Å². The molecule has 0 aromatic carbocycles. The SMILES string of the molecule is CCCn1c(SCC(=O)Nc2sc(C(N)=O)c(C)c2C(=O)OC)nnc1-c1csc(C)c1C. The van der Waals surface area contributed by atoms with E-state index in [9.17, 15) is 14.4 Å². The minimum Gasteiger partial charge on any atom is -0.465 e. The number of nitrogens with one attached hydrogen (secondary N) is 1. The molecule has 0 aliphatic heterocycles. The van der Waals surface area contributed by atoms with Crippen LogP contribution in [0.1, 0.15) is 49.4 Å². The summed E-state index contributed by atoms with van der Waals surface area (Å²) in [4.78, 5) is 38.0. The second kappa shape index (κ2) is 10.5. The summed E-state index contributed by atoms with van der Waals surface area (Å²) in [6, 6.07) is 0. The van der Waals surface area contributed by atoms with E-state index in [1.54, 1.807) is 18.3 Å². The standard InChI is InChI=1S/C21H25N5O4S3/c1-6-7-26-18(13-8-31-12(4)10(13)2)24-25-21(26)32-9-14(27)23-19-15(20(29)30-5)11(3)16(33-19)17(22)28/h8H,6-7,9H2,1-5H3,(H2,22,28)(H,23,27). The smallest absolute Gasteiger partial charge is 0.341 e. The summed E-state index contributed by atoms with van der Waals surface area (Å²) in [6.07, 6.45) is 0.889. The molecule has 0 aliphatic rings. The van der Waals surface area contributed by atoms with Gasteiger partial charge in [-0.25, -0.2) is 4.79 Å². The number of methoxy groups -OCH3 is 1. The zero-order valence-electron chi connectivity index (χ0n) is 19.0. The lowest BCUT2D eigenvalue weighted by molar-refractivity contribution is -0.113. The molecular weight excluding hydrogens is 482 g/mol. The van der Waals surface area contributed by atoms with Crippen molar-refractivity contribution in [2.75, 3.05) is 18.2 Å². The average Bonchev–Trinajstić information content (AvgIpc) is 3.42. The Morgan fingerprint density at radius 2 is 1.94 bits per heavy atom. The number of rotatable bonds is 9. The van der Waals surface area contributed by atoms with E-state index in [4.69, 9.17) is 10.5 Å². The van der Waals surface area contributed by atoms with Crippen LogP contribution in [0.4, 0.5) is 5.00 Å². The highest BCUT2D eigenvalue weighted by molar-refractivity contribution is 7.99. The topological polar surface area (TPSA) is 129 Å². The molecule has 0 aliphatic carbocycles. The van der Waals surface area contributed by atoms with Gasteiger partial charge in [0.25, 0.3) is 5.91 Å². The van der Waals surface area contributed by atoms with E-state index in [-0.39, 0.29) is 27.1 Å². The predicted molar refractivity (Wildman–Crippen MR) is 131 cm³/mol. The molecule has 2 amide bonds. The molecule has 12 heteroatoms. The first kappa shape index (κ1) is 24.9. The number of thiophene rings is 2. The number of aryl methyl sites for hydroxylation is 1. The Kier molecular flexibility index (Phi) is 7.92. The summed E-state index contributed by atoms with van der Waals surface area (Å²) in [5.41, 5.74) is 8.14. The number of thioether (sulfide) groups is 1. The van der Waals surface area contributed by atoms with Crippen LogP contribution in [-0.4, -0.2) is 45.4 Å². The average molecular weight is 508 g/mol. The van der Waals surface area contributed by atoms with Crippen LogP contribution >= 0.6 is 34.4 Å². The molecule has 0 fully saturated rings. The first-order valence-electron chi connectivity index (χ1n) is 10.1. The number of hydrogen-bond acceptors (Lipinski definition) is 9. The third-order valence-corrected chi connectivity index (χ3v) is 8.24. The summed E-state index contributed by atoms with van der Waals surface area (Å²) in [7, 11) is 1.24. The first-order chi connectivity index (χ1) is 15.7. The maximum Gasteiger partial charge on any atom is 0.341 e. The lowest BCUT2D eigenvalue weighted by atomic mass is 10.1. The number of esters is 1. The van der Waals surface area contributed by atoms with Gasteiger partial charge in [0, 0.05) is 22.4 Å². The number of nitrogens with two attached hydrogens (primary N) is 1. The van der Waals surface area contributed by atoms with Gasteiger partial charge in [0.2, 0.25) is 5.91 Å². The molecule has 0 radical (unpaired) electrons. The Morgan fingerprint density at radius 1 is 1.21 bits per heavy atom. The third-order valence-electron chi connectivity index (χ3n) is 5.04. The summed E-state index contributed by atoms with van der Waals surface area (Å²) in [6.45, 7) is 8.52. The summed E-state index contributed by atoms with van der Waals surface area (Å²) >= 11 is 3.88. The van der Waals surface area contributed by atoms with Gasteiger partial charge in [-0.3, -0.25) is 9.59 Å². The molecule has 3 heterocycles. The van der Waals surface area contributed by atoms with Gasteiger partial charge in [0.05, 0.1) is 23.3 Å². The van der Waals surface area contributed by atoms with Crippen LogP contribution in [-0.2, 0) is 16.1 Å². The molecule has 0 bridgehead atoms. The van der Waals surface area contributed by atoms with Crippen LogP contribution in [0.15, 0.2) is 10.5 Å². The van der Waals surface area contributed by atoms with Crippen molar-refractivity contribution in [2.24, 2.45) is 5.73 Å².